The molecule has 6 heteroatoms. The Morgan fingerprint density at radius 1 is 1.15 bits per heavy atom. The number of unbranched alkanes of at least 4 members (excludes halogenated alkanes) is 1. The molecule has 1 heterocycles. The second-order valence-corrected chi connectivity index (χ2v) is 6.36. The minimum absolute atomic E-state index is 0.1000. The molecule has 1 atom stereocenters. The summed E-state index contributed by atoms with van der Waals surface area (Å²) in [4.78, 5) is 0. The number of rotatable bonds is 15. The molecule has 0 bridgehead atoms. The van der Waals surface area contributed by atoms with E-state index < -0.39 is 0 Å². The molecule has 0 aromatic rings. The monoisotopic (exact) mass is 306 g/mol. The van der Waals surface area contributed by atoms with Crippen LogP contribution in [0.1, 0.15) is 33.1 Å². The first kappa shape index (κ1) is 18.1. The molecule has 5 nitrogen and oxygen atoms in total. The lowest BCUT2D eigenvalue weighted by Gasteiger charge is -2.16. The van der Waals surface area contributed by atoms with Gasteiger partial charge in [-0.2, -0.15) is 0 Å². The van der Waals surface area contributed by atoms with Crippen LogP contribution in [0.15, 0.2) is 0 Å². The molecule has 1 rings (SSSR count). The van der Waals surface area contributed by atoms with Gasteiger partial charge in [0.1, 0.15) is 6.10 Å². The van der Waals surface area contributed by atoms with Crippen molar-refractivity contribution in [2.24, 2.45) is 0 Å². The zero-order valence-electron chi connectivity index (χ0n) is 13.0. The molecular formula is C14H30O5Si. The summed E-state index contributed by atoms with van der Waals surface area (Å²) in [6.07, 6.45) is 3.45. The van der Waals surface area contributed by atoms with Crippen molar-refractivity contribution in [3.05, 3.63) is 0 Å². The average molecular weight is 306 g/mol. The van der Waals surface area contributed by atoms with Gasteiger partial charge in [-0.25, -0.2) is 0 Å². The molecule has 1 unspecified atom stereocenters. The highest BCUT2D eigenvalue weighted by atomic mass is 28.2. The summed E-state index contributed by atoms with van der Waals surface area (Å²) in [5.41, 5.74) is 0. The topological polar surface area (TPSA) is 49.5 Å². The van der Waals surface area contributed by atoms with E-state index in [1.54, 1.807) is 0 Å². The summed E-state index contributed by atoms with van der Waals surface area (Å²) in [6.45, 7) is 8.60. The van der Waals surface area contributed by atoms with Crippen LogP contribution in [0.5, 0.6) is 0 Å². The van der Waals surface area contributed by atoms with Gasteiger partial charge in [-0.1, -0.05) is 6.42 Å². The number of hydrogen-bond donors (Lipinski definition) is 0. The Kier molecular flexibility index (Phi) is 11.5. The van der Waals surface area contributed by atoms with Crippen molar-refractivity contribution in [3.8, 4) is 0 Å². The number of hydrogen-bond acceptors (Lipinski definition) is 5. The molecule has 20 heavy (non-hydrogen) atoms. The Labute approximate surface area is 125 Å². The largest absolute Gasteiger partial charge is 0.424 e. The summed E-state index contributed by atoms with van der Waals surface area (Å²) in [6, 6.07) is 1.22. The zero-order chi connectivity index (χ0) is 14.5. The summed E-state index contributed by atoms with van der Waals surface area (Å²) >= 11 is 0. The smallest absolute Gasteiger partial charge is 0.161 e. The molecule has 0 aromatic carbocycles. The molecule has 1 aliphatic heterocycles. The van der Waals surface area contributed by atoms with Crippen molar-refractivity contribution in [3.63, 3.8) is 0 Å². The van der Waals surface area contributed by atoms with Crippen LogP contribution >= 0.6 is 0 Å². The quantitative estimate of drug-likeness (QED) is 0.199. The van der Waals surface area contributed by atoms with Gasteiger partial charge in [0, 0.05) is 32.8 Å². The average Bonchev–Trinajstić information content (AvgIpc) is 3.25. The fraction of sp³-hybridized carbons (Fsp3) is 1.00. The van der Waals surface area contributed by atoms with Crippen LogP contribution in [0.25, 0.3) is 0 Å². The van der Waals surface area contributed by atoms with Gasteiger partial charge in [-0.15, -0.1) is 0 Å². The van der Waals surface area contributed by atoms with Crippen LogP contribution < -0.4 is 0 Å². The molecule has 0 aliphatic carbocycles. The van der Waals surface area contributed by atoms with Crippen molar-refractivity contribution in [2.45, 2.75) is 51.5 Å². The molecule has 0 saturated carbocycles. The Balaban J connectivity index is 1.76. The van der Waals surface area contributed by atoms with Crippen LogP contribution in [0, 0.1) is 0 Å². The lowest BCUT2D eigenvalue weighted by molar-refractivity contribution is -0.142. The van der Waals surface area contributed by atoms with Gasteiger partial charge >= 0.3 is 0 Å². The van der Waals surface area contributed by atoms with E-state index in [0.717, 1.165) is 39.3 Å². The standard InChI is InChI=1S/C14H30O5Si/c1-3-16-14(17-4-2)7-9-19-20-10-6-5-8-15-11-13-12-18-13/h13-14H,3-12,20H2,1-2H3. The van der Waals surface area contributed by atoms with Crippen molar-refractivity contribution in [1.82, 2.24) is 0 Å². The van der Waals surface area contributed by atoms with Gasteiger partial charge in [-0.05, 0) is 26.3 Å². The highest BCUT2D eigenvalue weighted by Gasteiger charge is 2.21. The number of epoxide rings is 1. The van der Waals surface area contributed by atoms with Gasteiger partial charge in [0.25, 0.3) is 0 Å². The Morgan fingerprint density at radius 2 is 1.90 bits per heavy atom. The third-order valence-corrected chi connectivity index (χ3v) is 4.35. The predicted molar refractivity (Wildman–Crippen MR) is 80.8 cm³/mol. The molecule has 120 valence electrons. The van der Waals surface area contributed by atoms with Gasteiger partial charge in [0.05, 0.1) is 13.2 Å². The number of ether oxygens (including phenoxy) is 4. The van der Waals surface area contributed by atoms with Gasteiger partial charge in [0.2, 0.25) is 0 Å². The Hall–Kier alpha value is 0.0169. The lowest BCUT2D eigenvalue weighted by atomic mass is 10.3. The maximum Gasteiger partial charge on any atom is 0.161 e. The third kappa shape index (κ3) is 10.8. The molecule has 0 radical (unpaired) electrons. The van der Waals surface area contributed by atoms with Gasteiger partial charge in [0.15, 0.2) is 16.1 Å². The van der Waals surface area contributed by atoms with Gasteiger partial charge in [-0.3, -0.25) is 0 Å². The first-order valence-corrected chi connectivity index (χ1v) is 9.44. The first-order chi connectivity index (χ1) is 9.86. The fourth-order valence-electron chi connectivity index (χ4n) is 1.83. The van der Waals surface area contributed by atoms with Crippen LogP contribution in [-0.4, -0.2) is 61.8 Å². The van der Waals surface area contributed by atoms with E-state index in [9.17, 15) is 0 Å². The maximum atomic E-state index is 5.73. The Bertz CT molecular complexity index is 208. The SMILES string of the molecule is CCOC(CCO[SiH2]CCCCOCC1CO1)OCC. The molecule has 1 saturated heterocycles. The minimum Gasteiger partial charge on any atom is -0.424 e. The molecule has 0 aromatic heterocycles. The molecule has 1 aliphatic rings. The van der Waals surface area contributed by atoms with Crippen molar-refractivity contribution < 1.29 is 23.4 Å². The maximum absolute atomic E-state index is 5.73. The molecule has 0 N–H and O–H groups in total. The lowest BCUT2D eigenvalue weighted by Crippen LogP contribution is -2.20. The van der Waals surface area contributed by atoms with Crippen LogP contribution in [0.3, 0.4) is 0 Å². The highest BCUT2D eigenvalue weighted by Crippen LogP contribution is 2.09. The van der Waals surface area contributed by atoms with E-state index in [1.807, 2.05) is 13.8 Å². The fourth-order valence-corrected chi connectivity index (χ4v) is 2.96. The molecule has 0 spiro atoms. The van der Waals surface area contributed by atoms with Crippen molar-refractivity contribution >= 4 is 9.76 Å². The normalized spacial score (nSPS) is 18.4. The molecule has 0 amide bonds. The van der Waals surface area contributed by atoms with E-state index in [0.29, 0.717) is 19.3 Å². The van der Waals surface area contributed by atoms with E-state index in [1.165, 1.54) is 12.5 Å². The van der Waals surface area contributed by atoms with E-state index in [-0.39, 0.29) is 16.1 Å². The van der Waals surface area contributed by atoms with Gasteiger partial charge < -0.3 is 23.4 Å². The van der Waals surface area contributed by atoms with E-state index in [4.69, 9.17) is 23.4 Å². The van der Waals surface area contributed by atoms with Crippen LogP contribution in [0.2, 0.25) is 6.04 Å². The summed E-state index contributed by atoms with van der Waals surface area (Å²) in [5, 5.41) is 0. The summed E-state index contributed by atoms with van der Waals surface area (Å²) < 4.78 is 27.2. The van der Waals surface area contributed by atoms with Crippen molar-refractivity contribution in [2.75, 3.05) is 39.6 Å². The first-order valence-electron chi connectivity index (χ1n) is 7.87. The zero-order valence-corrected chi connectivity index (χ0v) is 14.4. The molecule has 1 fully saturated rings. The van der Waals surface area contributed by atoms with Crippen LogP contribution in [-0.2, 0) is 23.4 Å². The van der Waals surface area contributed by atoms with E-state index >= 15 is 0 Å². The summed E-state index contributed by atoms with van der Waals surface area (Å²) in [7, 11) is -0.388. The minimum atomic E-state index is -0.388. The second kappa shape index (κ2) is 12.7. The highest BCUT2D eigenvalue weighted by molar-refractivity contribution is 6.26. The van der Waals surface area contributed by atoms with Crippen molar-refractivity contribution in [1.29, 1.82) is 0 Å². The predicted octanol–water partition coefficient (Wildman–Crippen LogP) is 1.49. The van der Waals surface area contributed by atoms with E-state index in [2.05, 4.69) is 0 Å². The second-order valence-electron chi connectivity index (χ2n) is 4.83. The summed E-state index contributed by atoms with van der Waals surface area (Å²) in [5.74, 6) is 0. The van der Waals surface area contributed by atoms with Crippen LogP contribution in [0.4, 0.5) is 0 Å². The molecular weight excluding hydrogens is 276 g/mol. The Morgan fingerprint density at radius 3 is 2.55 bits per heavy atom. The third-order valence-electron chi connectivity index (χ3n) is 2.99.